The van der Waals surface area contributed by atoms with Gasteiger partial charge in [0.2, 0.25) is 0 Å². The lowest BCUT2D eigenvalue weighted by Crippen LogP contribution is -2.45. The summed E-state index contributed by atoms with van der Waals surface area (Å²) in [4.78, 5) is 14.7. The van der Waals surface area contributed by atoms with Crippen LogP contribution in [0.25, 0.3) is 0 Å². The van der Waals surface area contributed by atoms with Gasteiger partial charge in [-0.3, -0.25) is 19.8 Å². The maximum atomic E-state index is 6.70. The number of halogens is 4. The normalized spacial score (nSPS) is 24.2. The van der Waals surface area contributed by atoms with E-state index >= 15 is 0 Å². The molecule has 10 rings (SSSR count). The first kappa shape index (κ1) is 39.7. The van der Waals surface area contributed by atoms with Crippen LogP contribution in [-0.2, 0) is 0 Å². The second-order valence-corrected chi connectivity index (χ2v) is 18.0. The first-order chi connectivity index (χ1) is 28.4. The Balaban J connectivity index is 0.000000150. The summed E-state index contributed by atoms with van der Waals surface area (Å²) < 4.78 is 0. The van der Waals surface area contributed by atoms with Crippen molar-refractivity contribution < 1.29 is 0 Å². The minimum absolute atomic E-state index is 0.0829. The standard InChI is InChI=1S/2C25H24Cl2N2/c2*26-22-9-3-1-7-20(22)25(21-8-2-4-10-23(21)27)29-18-12-13-19(29)16-17(15-18)24-11-5-6-14-28-24/h2*1-11,14,17-19,25H,12-13,15-16H2. The number of pyridine rings is 2. The van der Waals surface area contributed by atoms with Gasteiger partial charge in [0.25, 0.3) is 0 Å². The van der Waals surface area contributed by atoms with Crippen LogP contribution in [-0.4, -0.2) is 43.9 Å². The smallest absolute Gasteiger partial charge is 0.0636 e. The molecule has 6 heterocycles. The summed E-state index contributed by atoms with van der Waals surface area (Å²) >= 11 is 26.8. The highest BCUT2D eigenvalue weighted by Crippen LogP contribution is 2.51. The lowest BCUT2D eigenvalue weighted by molar-refractivity contribution is 0.0926. The Morgan fingerprint density at radius 2 is 0.655 bits per heavy atom. The number of rotatable bonds is 8. The van der Waals surface area contributed by atoms with Gasteiger partial charge >= 0.3 is 0 Å². The third-order valence-electron chi connectivity index (χ3n) is 13.2. The second-order valence-electron chi connectivity index (χ2n) is 16.4. The Hall–Kier alpha value is -3.74. The first-order valence-electron chi connectivity index (χ1n) is 20.8. The molecule has 0 spiro atoms. The topological polar surface area (TPSA) is 32.3 Å². The zero-order valence-corrected chi connectivity index (χ0v) is 35.5. The van der Waals surface area contributed by atoms with Gasteiger partial charge in [0, 0.05) is 79.9 Å². The van der Waals surface area contributed by atoms with E-state index in [1.165, 1.54) is 37.1 Å². The molecule has 4 aromatic carbocycles. The molecular weight excluding hydrogens is 798 g/mol. The van der Waals surface area contributed by atoms with Crippen LogP contribution in [0.1, 0.15) is 109 Å². The number of hydrogen-bond donors (Lipinski definition) is 0. The fourth-order valence-corrected chi connectivity index (χ4v) is 11.7. The SMILES string of the molecule is Clc1ccccc1C(c1ccccc1Cl)N1C2CCC1CC(c1ccccn1)C2.Clc1ccccc1C(c1ccccc1Cl)N1C2CCC1CC(c1ccccn1)C2. The Morgan fingerprint density at radius 1 is 0.379 bits per heavy atom. The van der Waals surface area contributed by atoms with Gasteiger partial charge < -0.3 is 0 Å². The third kappa shape index (κ3) is 8.09. The van der Waals surface area contributed by atoms with Crippen LogP contribution < -0.4 is 0 Å². The van der Waals surface area contributed by atoms with E-state index in [0.29, 0.717) is 36.0 Å². The minimum Gasteiger partial charge on any atom is -0.286 e. The van der Waals surface area contributed by atoms with E-state index < -0.39 is 0 Å². The molecule has 4 atom stereocenters. The summed E-state index contributed by atoms with van der Waals surface area (Å²) in [5.41, 5.74) is 7.06. The molecule has 4 aliphatic rings. The fourth-order valence-electron chi connectivity index (χ4n) is 10.8. The average Bonchev–Trinajstić information content (AvgIpc) is 3.65. The number of hydrogen-bond acceptors (Lipinski definition) is 4. The molecule has 8 heteroatoms. The monoisotopic (exact) mass is 844 g/mol. The average molecular weight is 847 g/mol. The number of piperidine rings is 2. The minimum atomic E-state index is 0.0829. The summed E-state index contributed by atoms with van der Waals surface area (Å²) in [7, 11) is 0. The van der Waals surface area contributed by atoms with Crippen molar-refractivity contribution in [1.82, 2.24) is 19.8 Å². The van der Waals surface area contributed by atoms with Crippen LogP contribution in [0.2, 0.25) is 20.1 Å². The fraction of sp³-hybridized carbons (Fsp3) is 0.320. The molecule has 6 aromatic rings. The molecule has 4 nitrogen and oxygen atoms in total. The molecule has 4 unspecified atom stereocenters. The predicted molar refractivity (Wildman–Crippen MR) is 239 cm³/mol. The van der Waals surface area contributed by atoms with Gasteiger partial charge in [-0.1, -0.05) is 131 Å². The van der Waals surface area contributed by atoms with Crippen molar-refractivity contribution in [1.29, 1.82) is 0 Å². The summed E-state index contributed by atoms with van der Waals surface area (Å²) in [5, 5.41) is 3.24. The van der Waals surface area contributed by atoms with Gasteiger partial charge in [0.1, 0.15) is 0 Å². The maximum Gasteiger partial charge on any atom is 0.0636 e. The van der Waals surface area contributed by atoms with Crippen molar-refractivity contribution >= 4 is 46.4 Å². The van der Waals surface area contributed by atoms with Crippen molar-refractivity contribution in [2.45, 2.75) is 99.5 Å². The Kier molecular flexibility index (Phi) is 12.2. The van der Waals surface area contributed by atoms with Gasteiger partial charge in [-0.2, -0.15) is 0 Å². The Labute approximate surface area is 363 Å². The van der Waals surface area contributed by atoms with Gasteiger partial charge in [-0.25, -0.2) is 0 Å². The van der Waals surface area contributed by atoms with E-state index in [2.05, 4.69) is 92.6 Å². The van der Waals surface area contributed by atoms with Crippen LogP contribution >= 0.6 is 46.4 Å². The van der Waals surface area contributed by atoms with Gasteiger partial charge in [0.15, 0.2) is 0 Å². The molecule has 296 valence electrons. The van der Waals surface area contributed by atoms with E-state index in [9.17, 15) is 0 Å². The molecule has 0 N–H and O–H groups in total. The molecule has 4 saturated heterocycles. The molecule has 0 amide bonds. The van der Waals surface area contributed by atoms with Crippen molar-refractivity contribution in [3.63, 3.8) is 0 Å². The van der Waals surface area contributed by atoms with Crippen molar-refractivity contribution in [3.05, 3.63) is 200 Å². The van der Waals surface area contributed by atoms with Crippen LogP contribution in [0.4, 0.5) is 0 Å². The van der Waals surface area contributed by atoms with Crippen molar-refractivity contribution in [2.75, 3.05) is 0 Å². The zero-order valence-electron chi connectivity index (χ0n) is 32.4. The molecule has 58 heavy (non-hydrogen) atoms. The molecule has 4 fully saturated rings. The Morgan fingerprint density at radius 3 is 0.914 bits per heavy atom. The van der Waals surface area contributed by atoms with Crippen molar-refractivity contribution in [3.8, 4) is 0 Å². The molecule has 2 aromatic heterocycles. The highest BCUT2D eigenvalue weighted by atomic mass is 35.5. The van der Waals surface area contributed by atoms with E-state index in [0.717, 1.165) is 68.0 Å². The van der Waals surface area contributed by atoms with E-state index in [-0.39, 0.29) is 12.1 Å². The summed E-state index contributed by atoms with van der Waals surface area (Å²) in [6.07, 6.45) is 13.3. The summed E-state index contributed by atoms with van der Waals surface area (Å²) in [6.45, 7) is 0. The van der Waals surface area contributed by atoms with Gasteiger partial charge in [0.05, 0.1) is 12.1 Å². The molecule has 4 bridgehead atoms. The number of aromatic nitrogens is 2. The summed E-state index contributed by atoms with van der Waals surface area (Å²) in [6, 6.07) is 47.6. The largest absolute Gasteiger partial charge is 0.286 e. The van der Waals surface area contributed by atoms with Crippen LogP contribution in [0.5, 0.6) is 0 Å². The molecular formula is C50H48Cl4N4. The molecule has 0 saturated carbocycles. The first-order valence-corrected chi connectivity index (χ1v) is 22.3. The van der Waals surface area contributed by atoms with Gasteiger partial charge in [-0.15, -0.1) is 0 Å². The molecule has 0 aliphatic carbocycles. The number of fused-ring (bicyclic) bond motifs is 4. The number of benzene rings is 4. The highest BCUT2D eigenvalue weighted by molar-refractivity contribution is 6.33. The van der Waals surface area contributed by atoms with E-state index in [1.54, 1.807) is 0 Å². The van der Waals surface area contributed by atoms with E-state index in [1.807, 2.05) is 73.1 Å². The quantitative estimate of drug-likeness (QED) is 0.153. The molecule has 4 aliphatic heterocycles. The van der Waals surface area contributed by atoms with Crippen LogP contribution in [0, 0.1) is 0 Å². The zero-order chi connectivity index (χ0) is 39.6. The molecule has 0 radical (unpaired) electrons. The lowest BCUT2D eigenvalue weighted by Gasteiger charge is -2.44. The number of nitrogens with zero attached hydrogens (tertiary/aromatic N) is 4. The highest BCUT2D eigenvalue weighted by Gasteiger charge is 2.47. The summed E-state index contributed by atoms with van der Waals surface area (Å²) in [5.74, 6) is 1.06. The second kappa shape index (κ2) is 17.9. The predicted octanol–water partition coefficient (Wildman–Crippen LogP) is 13.8. The van der Waals surface area contributed by atoms with E-state index in [4.69, 9.17) is 46.4 Å². The van der Waals surface area contributed by atoms with Crippen LogP contribution in [0.3, 0.4) is 0 Å². The van der Waals surface area contributed by atoms with Crippen molar-refractivity contribution in [2.24, 2.45) is 0 Å². The van der Waals surface area contributed by atoms with Crippen LogP contribution in [0.15, 0.2) is 146 Å². The maximum absolute atomic E-state index is 6.70. The lowest BCUT2D eigenvalue weighted by atomic mass is 9.84. The Bertz CT molecular complexity index is 2030. The van der Waals surface area contributed by atoms with Gasteiger partial charge in [-0.05, 0) is 122 Å². The third-order valence-corrected chi connectivity index (χ3v) is 14.6.